The molecule has 0 fully saturated rings. The summed E-state index contributed by atoms with van der Waals surface area (Å²) in [6.45, 7) is 0. The van der Waals surface area contributed by atoms with Crippen LogP contribution in [0.1, 0.15) is 15.9 Å². The van der Waals surface area contributed by atoms with Crippen molar-refractivity contribution in [2.45, 2.75) is 6.42 Å². The second-order valence-electron chi connectivity index (χ2n) is 3.96. The number of hydrogen-bond donors (Lipinski definition) is 0. The summed E-state index contributed by atoms with van der Waals surface area (Å²) in [6.07, 6.45) is -0.197. The van der Waals surface area contributed by atoms with Crippen molar-refractivity contribution in [1.29, 1.82) is 0 Å². The lowest BCUT2D eigenvalue weighted by Gasteiger charge is -2.05. The number of halogens is 4. The maximum absolute atomic E-state index is 13.4. The van der Waals surface area contributed by atoms with Crippen LogP contribution in [0, 0.1) is 11.6 Å². The van der Waals surface area contributed by atoms with Crippen molar-refractivity contribution in [3.63, 3.8) is 0 Å². The fraction of sp³-hybridized carbons (Fsp3) is 0.0714. The molecule has 19 heavy (non-hydrogen) atoms. The van der Waals surface area contributed by atoms with Crippen LogP contribution in [0.4, 0.5) is 8.78 Å². The van der Waals surface area contributed by atoms with Gasteiger partial charge in [0.1, 0.15) is 11.6 Å². The third-order valence-corrected chi connectivity index (χ3v) is 3.81. The Balaban J connectivity index is 2.25. The maximum atomic E-state index is 13.4. The normalized spacial score (nSPS) is 10.5. The highest BCUT2D eigenvalue weighted by atomic mass is 79.9. The Morgan fingerprint density at radius 2 is 1.89 bits per heavy atom. The van der Waals surface area contributed by atoms with E-state index in [2.05, 4.69) is 15.9 Å². The molecule has 0 bridgehead atoms. The van der Waals surface area contributed by atoms with E-state index >= 15 is 0 Å². The first kappa shape index (κ1) is 14.2. The van der Waals surface area contributed by atoms with Crippen LogP contribution < -0.4 is 0 Å². The van der Waals surface area contributed by atoms with E-state index < -0.39 is 11.6 Å². The molecule has 0 unspecified atom stereocenters. The summed E-state index contributed by atoms with van der Waals surface area (Å²) in [5.41, 5.74) is 0.427. The summed E-state index contributed by atoms with van der Waals surface area (Å²) < 4.78 is 27.0. The molecule has 1 nitrogen and oxygen atoms in total. The standard InChI is InChI=1S/C14H8BrClF2O/c15-11-6-8(1-3-12(11)16)14(19)7-9-5-10(17)2-4-13(9)18/h1-6H,7H2. The zero-order valence-corrected chi connectivity index (χ0v) is 11.9. The summed E-state index contributed by atoms with van der Waals surface area (Å²) in [5.74, 6) is -1.47. The number of carbonyl (C=O) groups is 1. The molecule has 0 heterocycles. The van der Waals surface area contributed by atoms with E-state index in [-0.39, 0.29) is 17.8 Å². The van der Waals surface area contributed by atoms with Crippen molar-refractivity contribution in [3.05, 3.63) is 68.7 Å². The molecule has 0 saturated heterocycles. The lowest BCUT2D eigenvalue weighted by atomic mass is 10.0. The molecular weight excluding hydrogens is 338 g/mol. The van der Waals surface area contributed by atoms with Crippen molar-refractivity contribution in [1.82, 2.24) is 0 Å². The quantitative estimate of drug-likeness (QED) is 0.730. The van der Waals surface area contributed by atoms with Crippen LogP contribution in [0.2, 0.25) is 5.02 Å². The van der Waals surface area contributed by atoms with Gasteiger partial charge in [-0.25, -0.2) is 8.78 Å². The van der Waals surface area contributed by atoms with E-state index in [1.807, 2.05) is 0 Å². The summed E-state index contributed by atoms with van der Waals surface area (Å²) in [6, 6.07) is 7.73. The second-order valence-corrected chi connectivity index (χ2v) is 5.23. The van der Waals surface area contributed by atoms with E-state index in [0.29, 0.717) is 15.1 Å². The molecule has 0 atom stereocenters. The van der Waals surface area contributed by atoms with Crippen LogP contribution in [0.3, 0.4) is 0 Å². The summed E-state index contributed by atoms with van der Waals surface area (Å²) in [4.78, 5) is 12.0. The molecule has 2 aromatic rings. The van der Waals surface area contributed by atoms with Gasteiger partial charge in [0, 0.05) is 16.5 Å². The molecule has 0 saturated carbocycles. The maximum Gasteiger partial charge on any atom is 0.167 e. The highest BCUT2D eigenvalue weighted by Crippen LogP contribution is 2.24. The number of rotatable bonds is 3. The van der Waals surface area contributed by atoms with Gasteiger partial charge in [0.05, 0.1) is 5.02 Å². The van der Waals surface area contributed by atoms with E-state index in [0.717, 1.165) is 18.2 Å². The molecule has 5 heteroatoms. The number of benzene rings is 2. The van der Waals surface area contributed by atoms with Gasteiger partial charge in [-0.2, -0.15) is 0 Å². The fourth-order valence-electron chi connectivity index (χ4n) is 1.62. The van der Waals surface area contributed by atoms with Gasteiger partial charge in [0.15, 0.2) is 5.78 Å². The summed E-state index contributed by atoms with van der Waals surface area (Å²) >= 11 is 9.03. The van der Waals surface area contributed by atoms with Crippen LogP contribution in [0.5, 0.6) is 0 Å². The first-order valence-electron chi connectivity index (χ1n) is 5.39. The molecule has 0 spiro atoms. The average Bonchev–Trinajstić information content (AvgIpc) is 2.37. The van der Waals surface area contributed by atoms with Crippen LogP contribution in [0.25, 0.3) is 0 Å². The van der Waals surface area contributed by atoms with Crippen molar-refractivity contribution < 1.29 is 13.6 Å². The van der Waals surface area contributed by atoms with Gasteiger partial charge >= 0.3 is 0 Å². The minimum atomic E-state index is -0.595. The van der Waals surface area contributed by atoms with Crippen molar-refractivity contribution in [2.24, 2.45) is 0 Å². The van der Waals surface area contributed by atoms with Crippen LogP contribution in [-0.4, -0.2) is 5.78 Å². The minimum Gasteiger partial charge on any atom is -0.294 e. The molecule has 0 radical (unpaired) electrons. The molecule has 0 aliphatic heterocycles. The lowest BCUT2D eigenvalue weighted by molar-refractivity contribution is 0.0991. The Bertz CT molecular complexity index is 643. The number of hydrogen-bond acceptors (Lipinski definition) is 1. The molecule has 0 amide bonds. The smallest absolute Gasteiger partial charge is 0.167 e. The van der Waals surface area contributed by atoms with Crippen LogP contribution in [0.15, 0.2) is 40.9 Å². The third kappa shape index (κ3) is 3.39. The highest BCUT2D eigenvalue weighted by molar-refractivity contribution is 9.10. The van der Waals surface area contributed by atoms with Gasteiger partial charge in [-0.15, -0.1) is 0 Å². The Morgan fingerprint density at radius 3 is 2.58 bits per heavy atom. The zero-order valence-electron chi connectivity index (χ0n) is 9.59. The van der Waals surface area contributed by atoms with Crippen molar-refractivity contribution in [2.75, 3.05) is 0 Å². The van der Waals surface area contributed by atoms with Gasteiger partial charge in [-0.05, 0) is 57.9 Å². The van der Waals surface area contributed by atoms with Gasteiger partial charge < -0.3 is 0 Å². The van der Waals surface area contributed by atoms with Crippen molar-refractivity contribution >= 4 is 33.3 Å². The van der Waals surface area contributed by atoms with Gasteiger partial charge in [0.2, 0.25) is 0 Å². The van der Waals surface area contributed by atoms with E-state index in [4.69, 9.17) is 11.6 Å². The monoisotopic (exact) mass is 344 g/mol. The average molecular weight is 346 g/mol. The molecule has 2 rings (SSSR count). The predicted octanol–water partition coefficient (Wildman–Crippen LogP) is 4.81. The Morgan fingerprint density at radius 1 is 1.16 bits per heavy atom. The third-order valence-electron chi connectivity index (χ3n) is 2.60. The first-order valence-corrected chi connectivity index (χ1v) is 6.56. The van der Waals surface area contributed by atoms with E-state index in [9.17, 15) is 13.6 Å². The minimum absolute atomic E-state index is 0.0380. The van der Waals surface area contributed by atoms with E-state index in [1.165, 1.54) is 0 Å². The van der Waals surface area contributed by atoms with Gasteiger partial charge in [-0.1, -0.05) is 11.6 Å². The van der Waals surface area contributed by atoms with Gasteiger partial charge in [-0.3, -0.25) is 4.79 Å². The lowest BCUT2D eigenvalue weighted by Crippen LogP contribution is -2.05. The second kappa shape index (κ2) is 5.80. The molecule has 0 aliphatic rings. The topological polar surface area (TPSA) is 17.1 Å². The van der Waals surface area contributed by atoms with Crippen LogP contribution in [-0.2, 0) is 6.42 Å². The largest absolute Gasteiger partial charge is 0.294 e. The van der Waals surface area contributed by atoms with Gasteiger partial charge in [0.25, 0.3) is 0 Å². The Hall–Kier alpha value is -1.26. The summed E-state index contributed by atoms with van der Waals surface area (Å²) in [7, 11) is 0. The van der Waals surface area contributed by atoms with Crippen molar-refractivity contribution in [3.8, 4) is 0 Å². The van der Waals surface area contributed by atoms with E-state index in [1.54, 1.807) is 18.2 Å². The zero-order chi connectivity index (χ0) is 14.0. The fourth-order valence-corrected chi connectivity index (χ4v) is 2.12. The number of carbonyl (C=O) groups excluding carboxylic acids is 1. The molecule has 98 valence electrons. The SMILES string of the molecule is O=C(Cc1cc(F)ccc1F)c1ccc(Cl)c(Br)c1. The molecular formula is C14H8BrClF2O. The Kier molecular flexibility index (Phi) is 4.32. The number of ketones is 1. The molecule has 2 aromatic carbocycles. The summed E-state index contributed by atoms with van der Waals surface area (Å²) in [5, 5.41) is 0.480. The molecule has 0 aromatic heterocycles. The Labute approximate surface area is 122 Å². The van der Waals surface area contributed by atoms with Crippen LogP contribution >= 0.6 is 27.5 Å². The number of Topliss-reactive ketones (excluding diaryl/α,β-unsaturated/α-hetero) is 1. The highest BCUT2D eigenvalue weighted by Gasteiger charge is 2.12. The first-order chi connectivity index (χ1) is 8.97. The molecule has 0 N–H and O–H groups in total. The predicted molar refractivity (Wildman–Crippen MR) is 73.5 cm³/mol. The molecule has 0 aliphatic carbocycles.